The van der Waals surface area contributed by atoms with Crippen molar-refractivity contribution in [3.05, 3.63) is 64.7 Å². The number of rotatable bonds is 4. The Bertz CT molecular complexity index is 596. The summed E-state index contributed by atoms with van der Waals surface area (Å²) in [4.78, 5) is 1.12. The summed E-state index contributed by atoms with van der Waals surface area (Å²) in [6.45, 7) is 3.67. The molecule has 0 saturated heterocycles. The largest absolute Gasteiger partial charge is 0.320 e. The topological polar surface area (TPSA) is 26.0 Å². The van der Waals surface area contributed by atoms with Crippen molar-refractivity contribution in [1.82, 2.24) is 0 Å². The van der Waals surface area contributed by atoms with Gasteiger partial charge in [-0.3, -0.25) is 0 Å². The molecule has 0 amide bonds. The predicted molar refractivity (Wildman–Crippen MR) is 80.0 cm³/mol. The van der Waals surface area contributed by atoms with Gasteiger partial charge in [-0.15, -0.1) is 11.8 Å². The molecule has 2 rings (SSSR count). The smallest absolute Gasteiger partial charge is 0.134 e. The normalized spacial score (nSPS) is 12.4. The summed E-state index contributed by atoms with van der Waals surface area (Å²) in [6.07, 6.45) is 0. The Morgan fingerprint density at radius 3 is 2.35 bits per heavy atom. The maximum Gasteiger partial charge on any atom is 0.134 e. The first-order valence-electron chi connectivity index (χ1n) is 6.47. The summed E-state index contributed by atoms with van der Waals surface area (Å²) in [5.41, 5.74) is 7.06. The van der Waals surface area contributed by atoms with Crippen molar-refractivity contribution in [3.8, 4) is 0 Å². The van der Waals surface area contributed by atoms with Crippen molar-refractivity contribution in [2.75, 3.05) is 5.75 Å². The van der Waals surface area contributed by atoms with E-state index in [0.29, 0.717) is 11.1 Å². The number of nitrogens with two attached hydrogens (primary N) is 1. The van der Waals surface area contributed by atoms with Crippen molar-refractivity contribution in [2.24, 2.45) is 5.73 Å². The van der Waals surface area contributed by atoms with Crippen molar-refractivity contribution >= 4 is 11.8 Å². The predicted octanol–water partition coefficient (Wildman–Crippen LogP) is 4.43. The zero-order valence-electron chi connectivity index (χ0n) is 11.5. The van der Waals surface area contributed by atoms with E-state index >= 15 is 0 Å². The Morgan fingerprint density at radius 1 is 1.10 bits per heavy atom. The van der Waals surface area contributed by atoms with Crippen LogP contribution in [0.25, 0.3) is 0 Å². The number of halogens is 2. The third-order valence-electron chi connectivity index (χ3n) is 3.18. The zero-order valence-corrected chi connectivity index (χ0v) is 12.3. The molecule has 0 heterocycles. The van der Waals surface area contributed by atoms with Crippen molar-refractivity contribution in [3.63, 3.8) is 0 Å². The van der Waals surface area contributed by atoms with E-state index < -0.39 is 17.7 Å². The summed E-state index contributed by atoms with van der Waals surface area (Å²) < 4.78 is 27.9. The molecule has 1 nitrogen and oxygen atoms in total. The van der Waals surface area contributed by atoms with Gasteiger partial charge in [-0.05, 0) is 42.0 Å². The maximum atomic E-state index is 14.1. The standard InChI is InChI=1S/C16H17F2NS/c1-3-20-12-7-5-11(6-8-12)16(19)14-13(17)9-4-10(2)15(14)18/h4-9,16H,3,19H2,1-2H3. The van der Waals surface area contributed by atoms with Gasteiger partial charge in [-0.1, -0.05) is 25.1 Å². The van der Waals surface area contributed by atoms with Crippen molar-refractivity contribution in [2.45, 2.75) is 24.8 Å². The van der Waals surface area contributed by atoms with E-state index in [4.69, 9.17) is 5.73 Å². The van der Waals surface area contributed by atoms with Crippen LogP contribution in [0.1, 0.15) is 29.7 Å². The van der Waals surface area contributed by atoms with Gasteiger partial charge in [0.15, 0.2) is 0 Å². The van der Waals surface area contributed by atoms with E-state index in [1.54, 1.807) is 18.7 Å². The molecule has 20 heavy (non-hydrogen) atoms. The lowest BCUT2D eigenvalue weighted by atomic mass is 9.97. The highest BCUT2D eigenvalue weighted by molar-refractivity contribution is 7.99. The number of hydrogen-bond acceptors (Lipinski definition) is 2. The summed E-state index contributed by atoms with van der Waals surface area (Å²) in [5, 5.41) is 0. The third kappa shape index (κ3) is 3.02. The second-order valence-electron chi connectivity index (χ2n) is 4.57. The van der Waals surface area contributed by atoms with Crippen molar-refractivity contribution < 1.29 is 8.78 Å². The summed E-state index contributed by atoms with van der Waals surface area (Å²) >= 11 is 1.71. The van der Waals surface area contributed by atoms with Gasteiger partial charge in [0, 0.05) is 10.5 Å². The van der Waals surface area contributed by atoms with Crippen LogP contribution in [0.15, 0.2) is 41.3 Å². The fraction of sp³-hybridized carbons (Fsp3) is 0.250. The molecule has 0 aliphatic heterocycles. The Labute approximate surface area is 122 Å². The van der Waals surface area contributed by atoms with Gasteiger partial charge in [0.25, 0.3) is 0 Å². The quantitative estimate of drug-likeness (QED) is 0.844. The summed E-state index contributed by atoms with van der Waals surface area (Å²) in [5.74, 6) is -0.191. The van der Waals surface area contributed by atoms with E-state index in [2.05, 4.69) is 6.92 Å². The molecule has 0 aliphatic rings. The van der Waals surface area contributed by atoms with Crippen LogP contribution in [0, 0.1) is 18.6 Å². The van der Waals surface area contributed by atoms with Crippen LogP contribution in [0.5, 0.6) is 0 Å². The van der Waals surface area contributed by atoms with Gasteiger partial charge in [0.2, 0.25) is 0 Å². The second-order valence-corrected chi connectivity index (χ2v) is 5.91. The van der Waals surface area contributed by atoms with Crippen LogP contribution in [0.2, 0.25) is 0 Å². The van der Waals surface area contributed by atoms with E-state index in [0.717, 1.165) is 10.6 Å². The highest BCUT2D eigenvalue weighted by atomic mass is 32.2. The molecule has 0 spiro atoms. The van der Waals surface area contributed by atoms with E-state index in [1.807, 2.05) is 24.3 Å². The van der Waals surface area contributed by atoms with Gasteiger partial charge in [0.05, 0.1) is 6.04 Å². The minimum absolute atomic E-state index is 0.0686. The summed E-state index contributed by atoms with van der Waals surface area (Å²) in [6, 6.07) is 9.38. The molecule has 2 aromatic rings. The Hall–Kier alpha value is -1.39. The first kappa shape index (κ1) is 15.0. The minimum atomic E-state index is -0.796. The Morgan fingerprint density at radius 2 is 1.75 bits per heavy atom. The van der Waals surface area contributed by atoms with Crippen LogP contribution in [-0.4, -0.2) is 5.75 Å². The number of benzene rings is 2. The molecule has 1 atom stereocenters. The molecule has 0 aliphatic carbocycles. The van der Waals surface area contributed by atoms with Gasteiger partial charge >= 0.3 is 0 Å². The molecular formula is C16H17F2NS. The van der Waals surface area contributed by atoms with Crippen LogP contribution in [-0.2, 0) is 0 Å². The number of hydrogen-bond donors (Lipinski definition) is 1. The highest BCUT2D eigenvalue weighted by Crippen LogP contribution is 2.28. The van der Waals surface area contributed by atoms with E-state index in [9.17, 15) is 8.78 Å². The molecular weight excluding hydrogens is 276 g/mol. The Kier molecular flexibility index (Phi) is 4.78. The average Bonchev–Trinajstić information content (AvgIpc) is 2.44. The second kappa shape index (κ2) is 6.37. The first-order valence-corrected chi connectivity index (χ1v) is 7.46. The Balaban J connectivity index is 2.36. The lowest BCUT2D eigenvalue weighted by Gasteiger charge is -2.16. The van der Waals surface area contributed by atoms with Gasteiger partial charge in [-0.2, -0.15) is 0 Å². The average molecular weight is 293 g/mol. The van der Waals surface area contributed by atoms with Gasteiger partial charge in [-0.25, -0.2) is 8.78 Å². The monoisotopic (exact) mass is 293 g/mol. The molecule has 106 valence electrons. The molecule has 4 heteroatoms. The van der Waals surface area contributed by atoms with Gasteiger partial charge < -0.3 is 5.73 Å². The van der Waals surface area contributed by atoms with E-state index in [-0.39, 0.29) is 5.56 Å². The maximum absolute atomic E-state index is 14.1. The lowest BCUT2D eigenvalue weighted by Crippen LogP contribution is -2.16. The molecule has 0 aromatic heterocycles. The number of aryl methyl sites for hydroxylation is 1. The molecule has 2 aromatic carbocycles. The minimum Gasteiger partial charge on any atom is -0.320 e. The third-order valence-corrected chi connectivity index (χ3v) is 4.08. The SMILES string of the molecule is CCSc1ccc(C(N)c2c(F)ccc(C)c2F)cc1. The molecule has 2 N–H and O–H groups in total. The summed E-state index contributed by atoms with van der Waals surface area (Å²) in [7, 11) is 0. The molecule has 0 radical (unpaired) electrons. The molecule has 0 saturated carbocycles. The fourth-order valence-corrected chi connectivity index (χ4v) is 2.73. The van der Waals surface area contributed by atoms with Crippen LogP contribution < -0.4 is 5.73 Å². The van der Waals surface area contributed by atoms with Gasteiger partial charge in [0.1, 0.15) is 11.6 Å². The first-order chi connectivity index (χ1) is 9.54. The van der Waals surface area contributed by atoms with Crippen LogP contribution in [0.3, 0.4) is 0 Å². The highest BCUT2D eigenvalue weighted by Gasteiger charge is 2.19. The lowest BCUT2D eigenvalue weighted by molar-refractivity contribution is 0.538. The van der Waals surface area contributed by atoms with E-state index in [1.165, 1.54) is 12.1 Å². The van der Waals surface area contributed by atoms with Crippen LogP contribution in [0.4, 0.5) is 8.78 Å². The zero-order chi connectivity index (χ0) is 14.7. The number of thioether (sulfide) groups is 1. The molecule has 0 bridgehead atoms. The molecule has 1 unspecified atom stereocenters. The van der Waals surface area contributed by atoms with Crippen molar-refractivity contribution in [1.29, 1.82) is 0 Å². The van der Waals surface area contributed by atoms with Crippen LogP contribution >= 0.6 is 11.8 Å². The fourth-order valence-electron chi connectivity index (χ4n) is 2.07. The molecule has 0 fully saturated rings.